The standard InChI is InChI=1S/C14H17FN2O4/c1-3-4-12(14(20)21)17-13(19)10-7-9(16-8(2)18)5-6-11(10)15/h5-7,12H,3-4H2,1-2H3,(H,16,18)(H,17,19)(H,20,21). The topological polar surface area (TPSA) is 95.5 Å². The summed E-state index contributed by atoms with van der Waals surface area (Å²) in [5.41, 5.74) is -0.0555. The summed E-state index contributed by atoms with van der Waals surface area (Å²) < 4.78 is 13.7. The molecule has 0 aliphatic heterocycles. The van der Waals surface area contributed by atoms with E-state index in [4.69, 9.17) is 5.11 Å². The Labute approximate surface area is 121 Å². The SMILES string of the molecule is CCCC(NC(=O)c1cc(NC(C)=O)ccc1F)C(=O)O. The molecule has 21 heavy (non-hydrogen) atoms. The van der Waals surface area contributed by atoms with Crippen molar-refractivity contribution in [1.82, 2.24) is 5.32 Å². The first-order chi connectivity index (χ1) is 9.85. The highest BCUT2D eigenvalue weighted by molar-refractivity contribution is 5.98. The number of carboxylic acid groups (broad SMARTS) is 1. The van der Waals surface area contributed by atoms with Gasteiger partial charge in [0.1, 0.15) is 11.9 Å². The zero-order valence-corrected chi connectivity index (χ0v) is 11.8. The molecule has 1 rings (SSSR count). The molecule has 0 radical (unpaired) electrons. The molecule has 0 saturated carbocycles. The summed E-state index contributed by atoms with van der Waals surface area (Å²) in [5, 5.41) is 13.7. The molecule has 1 unspecified atom stereocenters. The van der Waals surface area contributed by atoms with Crippen molar-refractivity contribution in [3.8, 4) is 0 Å². The summed E-state index contributed by atoms with van der Waals surface area (Å²) in [6.07, 6.45) is 0.805. The minimum absolute atomic E-state index is 0.244. The fraction of sp³-hybridized carbons (Fsp3) is 0.357. The third-order valence-electron chi connectivity index (χ3n) is 2.71. The molecule has 7 heteroatoms. The summed E-state index contributed by atoms with van der Waals surface area (Å²) in [6, 6.07) is 2.44. The molecule has 2 amide bonds. The number of anilines is 1. The van der Waals surface area contributed by atoms with E-state index >= 15 is 0 Å². The van der Waals surface area contributed by atoms with Gasteiger partial charge in [0, 0.05) is 12.6 Å². The molecule has 1 aromatic carbocycles. The Hall–Kier alpha value is -2.44. The van der Waals surface area contributed by atoms with Gasteiger partial charge >= 0.3 is 5.97 Å². The number of carbonyl (C=O) groups excluding carboxylic acids is 2. The van der Waals surface area contributed by atoms with E-state index in [-0.39, 0.29) is 23.6 Å². The molecule has 1 aromatic rings. The van der Waals surface area contributed by atoms with Crippen molar-refractivity contribution in [1.29, 1.82) is 0 Å². The summed E-state index contributed by atoms with van der Waals surface area (Å²) in [6.45, 7) is 3.06. The van der Waals surface area contributed by atoms with Crippen molar-refractivity contribution < 1.29 is 23.9 Å². The Morgan fingerprint density at radius 2 is 2.00 bits per heavy atom. The van der Waals surface area contributed by atoms with Crippen LogP contribution in [0.3, 0.4) is 0 Å². The highest BCUT2D eigenvalue weighted by Gasteiger charge is 2.21. The molecule has 1 atom stereocenters. The van der Waals surface area contributed by atoms with Gasteiger partial charge in [-0.25, -0.2) is 9.18 Å². The Morgan fingerprint density at radius 1 is 1.33 bits per heavy atom. The monoisotopic (exact) mass is 296 g/mol. The highest BCUT2D eigenvalue weighted by Crippen LogP contribution is 2.15. The van der Waals surface area contributed by atoms with E-state index in [0.29, 0.717) is 6.42 Å². The van der Waals surface area contributed by atoms with Crippen molar-refractivity contribution in [2.75, 3.05) is 5.32 Å². The van der Waals surface area contributed by atoms with Crippen LogP contribution in [0.5, 0.6) is 0 Å². The van der Waals surface area contributed by atoms with Gasteiger partial charge in [0.25, 0.3) is 5.91 Å². The van der Waals surface area contributed by atoms with Gasteiger partial charge in [0.05, 0.1) is 5.56 Å². The molecule has 3 N–H and O–H groups in total. The van der Waals surface area contributed by atoms with E-state index in [0.717, 1.165) is 12.1 Å². The molecule has 0 fully saturated rings. The minimum Gasteiger partial charge on any atom is -0.480 e. The van der Waals surface area contributed by atoms with Crippen LogP contribution in [0.1, 0.15) is 37.0 Å². The van der Waals surface area contributed by atoms with Gasteiger partial charge in [0.2, 0.25) is 5.91 Å². The van der Waals surface area contributed by atoms with Crippen LogP contribution in [-0.4, -0.2) is 28.9 Å². The molecule has 0 aliphatic carbocycles. The summed E-state index contributed by atoms with van der Waals surface area (Å²) >= 11 is 0. The third kappa shape index (κ3) is 4.87. The number of amides is 2. The first-order valence-electron chi connectivity index (χ1n) is 6.46. The average molecular weight is 296 g/mol. The molecule has 0 heterocycles. The van der Waals surface area contributed by atoms with E-state index in [1.54, 1.807) is 6.92 Å². The van der Waals surface area contributed by atoms with Gasteiger partial charge < -0.3 is 15.7 Å². The number of nitrogens with one attached hydrogen (secondary N) is 2. The smallest absolute Gasteiger partial charge is 0.326 e. The van der Waals surface area contributed by atoms with Gasteiger partial charge in [0.15, 0.2) is 0 Å². The second-order valence-corrected chi connectivity index (χ2v) is 4.53. The lowest BCUT2D eigenvalue weighted by molar-refractivity contribution is -0.139. The van der Waals surface area contributed by atoms with Crippen molar-refractivity contribution in [3.05, 3.63) is 29.6 Å². The zero-order chi connectivity index (χ0) is 16.0. The van der Waals surface area contributed by atoms with Crippen LogP contribution in [-0.2, 0) is 9.59 Å². The number of hydrogen-bond donors (Lipinski definition) is 3. The molecular formula is C14H17FN2O4. The molecular weight excluding hydrogens is 279 g/mol. The van der Waals surface area contributed by atoms with Gasteiger partial charge in [-0.2, -0.15) is 0 Å². The van der Waals surface area contributed by atoms with Crippen LogP contribution in [0.2, 0.25) is 0 Å². The van der Waals surface area contributed by atoms with Gasteiger partial charge in [-0.15, -0.1) is 0 Å². The Balaban J connectivity index is 2.95. The van der Waals surface area contributed by atoms with Crippen molar-refractivity contribution in [2.45, 2.75) is 32.7 Å². The minimum atomic E-state index is -1.18. The molecule has 6 nitrogen and oxygen atoms in total. The lowest BCUT2D eigenvalue weighted by atomic mass is 10.1. The van der Waals surface area contributed by atoms with Gasteiger partial charge in [-0.05, 0) is 24.6 Å². The fourth-order valence-corrected chi connectivity index (χ4v) is 1.76. The van der Waals surface area contributed by atoms with Crippen molar-refractivity contribution in [2.24, 2.45) is 0 Å². The average Bonchev–Trinajstić information content (AvgIpc) is 2.39. The number of rotatable bonds is 6. The van der Waals surface area contributed by atoms with Crippen LogP contribution in [0.25, 0.3) is 0 Å². The number of aliphatic carboxylic acids is 1. The predicted octanol–water partition coefficient (Wildman–Crippen LogP) is 1.77. The van der Waals surface area contributed by atoms with Crippen molar-refractivity contribution >= 4 is 23.5 Å². The predicted molar refractivity (Wildman–Crippen MR) is 74.5 cm³/mol. The normalized spacial score (nSPS) is 11.6. The Kier molecular flexibility index (Phi) is 5.83. The van der Waals surface area contributed by atoms with Crippen LogP contribution >= 0.6 is 0 Å². The second kappa shape index (κ2) is 7.37. The van der Waals surface area contributed by atoms with E-state index in [2.05, 4.69) is 10.6 Å². The van der Waals surface area contributed by atoms with Crippen molar-refractivity contribution in [3.63, 3.8) is 0 Å². The zero-order valence-electron chi connectivity index (χ0n) is 11.8. The fourth-order valence-electron chi connectivity index (χ4n) is 1.76. The van der Waals surface area contributed by atoms with E-state index in [1.807, 2.05) is 0 Å². The second-order valence-electron chi connectivity index (χ2n) is 4.53. The third-order valence-corrected chi connectivity index (χ3v) is 2.71. The number of carbonyl (C=O) groups is 3. The van der Waals surface area contributed by atoms with Crippen LogP contribution < -0.4 is 10.6 Å². The summed E-state index contributed by atoms with van der Waals surface area (Å²) in [5.74, 6) is -3.16. The maximum Gasteiger partial charge on any atom is 0.326 e. The molecule has 0 bridgehead atoms. The highest BCUT2D eigenvalue weighted by atomic mass is 19.1. The number of benzene rings is 1. The van der Waals surface area contributed by atoms with E-state index in [1.165, 1.54) is 13.0 Å². The number of halogens is 1. The molecule has 0 saturated heterocycles. The van der Waals surface area contributed by atoms with Crippen LogP contribution in [0, 0.1) is 5.82 Å². The summed E-state index contributed by atoms with van der Waals surface area (Å²) in [7, 11) is 0. The number of hydrogen-bond acceptors (Lipinski definition) is 3. The van der Waals surface area contributed by atoms with E-state index < -0.39 is 23.7 Å². The summed E-state index contributed by atoms with van der Waals surface area (Å²) in [4.78, 5) is 33.9. The molecule has 114 valence electrons. The number of carboxylic acids is 1. The van der Waals surface area contributed by atoms with Crippen LogP contribution in [0.15, 0.2) is 18.2 Å². The quantitative estimate of drug-likeness (QED) is 0.745. The lowest BCUT2D eigenvalue weighted by Crippen LogP contribution is -2.41. The first kappa shape index (κ1) is 16.6. The lowest BCUT2D eigenvalue weighted by Gasteiger charge is -2.14. The Bertz CT molecular complexity index is 560. The van der Waals surface area contributed by atoms with Gasteiger partial charge in [-0.3, -0.25) is 9.59 Å². The maximum absolute atomic E-state index is 13.7. The Morgan fingerprint density at radius 3 is 2.52 bits per heavy atom. The van der Waals surface area contributed by atoms with Gasteiger partial charge in [-0.1, -0.05) is 13.3 Å². The molecule has 0 aromatic heterocycles. The molecule has 0 aliphatic rings. The largest absolute Gasteiger partial charge is 0.480 e. The maximum atomic E-state index is 13.7. The first-order valence-corrected chi connectivity index (χ1v) is 6.46. The van der Waals surface area contributed by atoms with E-state index in [9.17, 15) is 18.8 Å². The van der Waals surface area contributed by atoms with Crippen LogP contribution in [0.4, 0.5) is 10.1 Å². The molecule has 0 spiro atoms.